The first-order valence-electron chi connectivity index (χ1n) is 5.67. The summed E-state index contributed by atoms with van der Waals surface area (Å²) >= 11 is 0. The van der Waals surface area contributed by atoms with Crippen LogP contribution < -0.4 is 16.4 Å². The summed E-state index contributed by atoms with van der Waals surface area (Å²) in [4.78, 5) is 13.6. The van der Waals surface area contributed by atoms with Gasteiger partial charge < -0.3 is 16.4 Å². The zero-order valence-electron chi connectivity index (χ0n) is 10.4. The van der Waals surface area contributed by atoms with Crippen LogP contribution in [0.15, 0.2) is 42.5 Å². The van der Waals surface area contributed by atoms with Gasteiger partial charge in [-0.2, -0.15) is 0 Å². The molecule has 0 fully saturated rings. The Hall–Kier alpha value is -2.56. The number of rotatable bonds is 2. The first-order chi connectivity index (χ1) is 8.97. The number of carbonyl (C=O) groups excluding carboxylic acids is 1. The van der Waals surface area contributed by atoms with Gasteiger partial charge >= 0.3 is 0 Å². The van der Waals surface area contributed by atoms with E-state index in [1.807, 2.05) is 0 Å². The second kappa shape index (κ2) is 4.97. The highest BCUT2D eigenvalue weighted by Crippen LogP contribution is 2.19. The van der Waals surface area contributed by atoms with Gasteiger partial charge in [0.15, 0.2) is 0 Å². The Kier molecular flexibility index (Phi) is 3.37. The monoisotopic (exact) mass is 259 g/mol. The van der Waals surface area contributed by atoms with Crippen LogP contribution in [0.1, 0.15) is 10.4 Å². The summed E-state index contributed by atoms with van der Waals surface area (Å²) in [6.45, 7) is 0. The third-order valence-corrected chi connectivity index (χ3v) is 2.72. The van der Waals surface area contributed by atoms with Crippen LogP contribution in [0, 0.1) is 5.82 Å². The van der Waals surface area contributed by atoms with Crippen molar-refractivity contribution in [3.8, 4) is 0 Å². The number of nitrogen functional groups attached to an aromatic ring is 2. The molecule has 0 aliphatic carbocycles. The number of benzene rings is 2. The minimum atomic E-state index is -0.399. The van der Waals surface area contributed by atoms with E-state index in [2.05, 4.69) is 0 Å². The van der Waals surface area contributed by atoms with E-state index in [-0.39, 0.29) is 5.91 Å². The fraction of sp³-hybridized carbons (Fsp3) is 0.0714. The fourth-order valence-corrected chi connectivity index (χ4v) is 1.80. The molecule has 2 aromatic carbocycles. The molecule has 0 atom stereocenters. The van der Waals surface area contributed by atoms with Crippen LogP contribution >= 0.6 is 0 Å². The molecule has 4 N–H and O–H groups in total. The fourth-order valence-electron chi connectivity index (χ4n) is 1.80. The van der Waals surface area contributed by atoms with Crippen LogP contribution in [0.3, 0.4) is 0 Å². The lowest BCUT2D eigenvalue weighted by Crippen LogP contribution is -2.26. The Morgan fingerprint density at radius 2 is 1.74 bits per heavy atom. The van der Waals surface area contributed by atoms with Gasteiger partial charge in [0, 0.05) is 29.7 Å². The highest BCUT2D eigenvalue weighted by atomic mass is 19.1. The quantitative estimate of drug-likeness (QED) is 0.812. The zero-order chi connectivity index (χ0) is 14.0. The molecule has 0 spiro atoms. The summed E-state index contributed by atoms with van der Waals surface area (Å²) in [5.41, 5.74) is 13.0. The van der Waals surface area contributed by atoms with Crippen LogP contribution in [-0.4, -0.2) is 13.0 Å². The maximum Gasteiger partial charge on any atom is 0.258 e. The SMILES string of the molecule is CN(C(=O)c1cc(N)cc(N)c1)c1cccc(F)c1. The van der Waals surface area contributed by atoms with E-state index in [4.69, 9.17) is 11.5 Å². The first-order valence-corrected chi connectivity index (χ1v) is 5.67. The van der Waals surface area contributed by atoms with Gasteiger partial charge in [-0.25, -0.2) is 4.39 Å². The molecule has 19 heavy (non-hydrogen) atoms. The van der Waals surface area contributed by atoms with Crippen LogP contribution in [-0.2, 0) is 0 Å². The molecular formula is C14H14FN3O. The molecule has 0 saturated carbocycles. The molecule has 0 heterocycles. The molecule has 0 aliphatic heterocycles. The van der Waals surface area contributed by atoms with Gasteiger partial charge in [0.25, 0.3) is 5.91 Å². The Labute approximate surface area is 110 Å². The third kappa shape index (κ3) is 2.82. The molecule has 98 valence electrons. The molecular weight excluding hydrogens is 245 g/mol. The van der Waals surface area contributed by atoms with E-state index < -0.39 is 5.82 Å². The van der Waals surface area contributed by atoms with Crippen LogP contribution in [0.5, 0.6) is 0 Å². The Morgan fingerprint density at radius 1 is 1.11 bits per heavy atom. The first kappa shape index (κ1) is 12.9. The van der Waals surface area contributed by atoms with Gasteiger partial charge in [-0.3, -0.25) is 4.79 Å². The standard InChI is InChI=1S/C14H14FN3O/c1-18(13-4-2-3-10(15)7-13)14(19)9-5-11(16)8-12(17)6-9/h2-8H,16-17H2,1H3. The van der Waals surface area contributed by atoms with Crippen molar-refractivity contribution < 1.29 is 9.18 Å². The maximum absolute atomic E-state index is 13.1. The van der Waals surface area contributed by atoms with Gasteiger partial charge in [-0.1, -0.05) is 6.07 Å². The molecule has 4 nitrogen and oxygen atoms in total. The van der Waals surface area contributed by atoms with Gasteiger partial charge in [-0.15, -0.1) is 0 Å². The number of hydrogen-bond donors (Lipinski definition) is 2. The van der Waals surface area contributed by atoms with Gasteiger partial charge in [0.2, 0.25) is 0 Å². The summed E-state index contributed by atoms with van der Waals surface area (Å²) in [6, 6.07) is 10.4. The summed E-state index contributed by atoms with van der Waals surface area (Å²) < 4.78 is 13.1. The van der Waals surface area contributed by atoms with Crippen molar-refractivity contribution in [1.82, 2.24) is 0 Å². The molecule has 5 heteroatoms. The van der Waals surface area contributed by atoms with Crippen LogP contribution in [0.2, 0.25) is 0 Å². The molecule has 2 aromatic rings. The maximum atomic E-state index is 13.1. The topological polar surface area (TPSA) is 72.3 Å². The van der Waals surface area contributed by atoms with Crippen molar-refractivity contribution in [1.29, 1.82) is 0 Å². The van der Waals surface area contributed by atoms with Crippen molar-refractivity contribution in [2.24, 2.45) is 0 Å². The predicted molar refractivity (Wildman–Crippen MR) is 74.4 cm³/mol. The van der Waals surface area contributed by atoms with Gasteiger partial charge in [0.1, 0.15) is 5.82 Å². The second-order valence-electron chi connectivity index (χ2n) is 4.23. The summed E-state index contributed by atoms with van der Waals surface area (Å²) in [7, 11) is 1.57. The van der Waals surface area contributed by atoms with Crippen molar-refractivity contribution in [3.05, 3.63) is 53.8 Å². The van der Waals surface area contributed by atoms with E-state index >= 15 is 0 Å². The van der Waals surface area contributed by atoms with E-state index in [1.165, 1.54) is 29.2 Å². The molecule has 0 aromatic heterocycles. The number of nitrogens with two attached hydrogens (primary N) is 2. The lowest BCUT2D eigenvalue weighted by Gasteiger charge is -2.18. The molecule has 0 unspecified atom stereocenters. The normalized spacial score (nSPS) is 10.2. The Bertz CT molecular complexity index is 608. The largest absolute Gasteiger partial charge is 0.399 e. The number of nitrogens with zero attached hydrogens (tertiary/aromatic N) is 1. The summed E-state index contributed by atoms with van der Waals surface area (Å²) in [6.07, 6.45) is 0. The second-order valence-corrected chi connectivity index (χ2v) is 4.23. The zero-order valence-corrected chi connectivity index (χ0v) is 10.4. The van der Waals surface area contributed by atoms with E-state index in [0.29, 0.717) is 22.6 Å². The minimum absolute atomic E-state index is 0.301. The number of carbonyl (C=O) groups is 1. The van der Waals surface area contributed by atoms with E-state index in [1.54, 1.807) is 25.2 Å². The van der Waals surface area contributed by atoms with Crippen molar-refractivity contribution in [2.45, 2.75) is 0 Å². The lowest BCUT2D eigenvalue weighted by molar-refractivity contribution is 0.0993. The summed E-state index contributed by atoms with van der Waals surface area (Å²) in [5, 5.41) is 0. The van der Waals surface area contributed by atoms with Crippen molar-refractivity contribution >= 4 is 23.0 Å². The number of anilines is 3. The van der Waals surface area contributed by atoms with Crippen molar-refractivity contribution in [2.75, 3.05) is 23.4 Å². The number of halogens is 1. The highest BCUT2D eigenvalue weighted by molar-refractivity contribution is 6.06. The molecule has 0 saturated heterocycles. The average molecular weight is 259 g/mol. The van der Waals surface area contributed by atoms with E-state index in [9.17, 15) is 9.18 Å². The third-order valence-electron chi connectivity index (χ3n) is 2.72. The molecule has 0 aliphatic rings. The molecule has 2 rings (SSSR count). The van der Waals surface area contributed by atoms with Crippen LogP contribution in [0.25, 0.3) is 0 Å². The van der Waals surface area contributed by atoms with Crippen LogP contribution in [0.4, 0.5) is 21.5 Å². The molecule has 0 radical (unpaired) electrons. The smallest absolute Gasteiger partial charge is 0.258 e. The minimum Gasteiger partial charge on any atom is -0.399 e. The molecule has 0 bridgehead atoms. The summed E-state index contributed by atoms with van der Waals surface area (Å²) in [5.74, 6) is -0.700. The number of hydrogen-bond acceptors (Lipinski definition) is 3. The molecule has 1 amide bonds. The lowest BCUT2D eigenvalue weighted by atomic mass is 10.1. The Balaban J connectivity index is 2.33. The predicted octanol–water partition coefficient (Wildman–Crippen LogP) is 2.27. The van der Waals surface area contributed by atoms with Gasteiger partial charge in [-0.05, 0) is 36.4 Å². The highest BCUT2D eigenvalue weighted by Gasteiger charge is 2.14. The van der Waals surface area contributed by atoms with E-state index in [0.717, 1.165) is 0 Å². The average Bonchev–Trinajstić information content (AvgIpc) is 2.36. The van der Waals surface area contributed by atoms with Crippen molar-refractivity contribution in [3.63, 3.8) is 0 Å². The Morgan fingerprint density at radius 3 is 2.32 bits per heavy atom. The van der Waals surface area contributed by atoms with Gasteiger partial charge in [0.05, 0.1) is 0 Å². The number of amides is 1.